The number of thioether (sulfide) groups is 1. The number of nitrogens with one attached hydrogen (secondary N) is 1. The van der Waals surface area contributed by atoms with E-state index in [1.807, 2.05) is 36.0 Å². The van der Waals surface area contributed by atoms with E-state index >= 15 is 0 Å². The molecule has 0 spiro atoms. The van der Waals surface area contributed by atoms with E-state index in [-0.39, 0.29) is 6.42 Å². The molecule has 4 heteroatoms. The van der Waals surface area contributed by atoms with Crippen molar-refractivity contribution in [2.45, 2.75) is 37.0 Å². The number of aliphatic carboxylic acids is 1. The van der Waals surface area contributed by atoms with Gasteiger partial charge < -0.3 is 10.4 Å². The predicted octanol–water partition coefficient (Wildman–Crippen LogP) is 2.69. The van der Waals surface area contributed by atoms with Crippen molar-refractivity contribution in [2.75, 3.05) is 12.8 Å². The summed E-state index contributed by atoms with van der Waals surface area (Å²) in [5.41, 5.74) is 2.07. The Hall–Kier alpha value is -1.00. The first kappa shape index (κ1) is 14.4. The molecule has 1 aliphatic rings. The second-order valence-electron chi connectivity index (χ2n) is 5.23. The lowest BCUT2D eigenvalue weighted by atomic mass is 9.84. The largest absolute Gasteiger partial charge is 0.481 e. The highest BCUT2D eigenvalue weighted by atomic mass is 32.2. The van der Waals surface area contributed by atoms with Crippen LogP contribution < -0.4 is 5.32 Å². The molecule has 2 rings (SSSR count). The average molecular weight is 279 g/mol. The van der Waals surface area contributed by atoms with Gasteiger partial charge in [0.05, 0.1) is 6.42 Å². The molecule has 1 fully saturated rings. The van der Waals surface area contributed by atoms with Crippen molar-refractivity contribution in [3.8, 4) is 0 Å². The average Bonchev–Trinajstić information content (AvgIpc) is 2.34. The van der Waals surface area contributed by atoms with Crippen LogP contribution in [0.25, 0.3) is 0 Å². The monoisotopic (exact) mass is 279 g/mol. The molecule has 0 unspecified atom stereocenters. The van der Waals surface area contributed by atoms with E-state index in [1.54, 1.807) is 0 Å². The summed E-state index contributed by atoms with van der Waals surface area (Å²) >= 11 is 1.98. The summed E-state index contributed by atoms with van der Waals surface area (Å²) in [7, 11) is 0. The highest BCUT2D eigenvalue weighted by molar-refractivity contribution is 8.00. The van der Waals surface area contributed by atoms with Crippen LogP contribution in [0.15, 0.2) is 24.3 Å². The van der Waals surface area contributed by atoms with Crippen LogP contribution in [0.3, 0.4) is 0 Å². The van der Waals surface area contributed by atoms with Crippen LogP contribution in [0.2, 0.25) is 0 Å². The number of carbonyl (C=O) groups is 1. The van der Waals surface area contributed by atoms with E-state index in [4.69, 9.17) is 5.11 Å². The van der Waals surface area contributed by atoms with Crippen molar-refractivity contribution in [3.63, 3.8) is 0 Å². The number of hydrogen-bond acceptors (Lipinski definition) is 3. The highest BCUT2D eigenvalue weighted by Gasteiger charge is 2.35. The fourth-order valence-corrected chi connectivity index (χ4v) is 3.35. The molecule has 1 aliphatic carbocycles. The molecule has 104 valence electrons. The van der Waals surface area contributed by atoms with E-state index in [0.29, 0.717) is 4.75 Å². The number of rotatable bonds is 7. The van der Waals surface area contributed by atoms with Gasteiger partial charge in [-0.15, -0.1) is 0 Å². The Morgan fingerprint density at radius 2 is 1.95 bits per heavy atom. The van der Waals surface area contributed by atoms with Gasteiger partial charge in [0.15, 0.2) is 0 Å². The van der Waals surface area contributed by atoms with Crippen molar-refractivity contribution in [3.05, 3.63) is 35.4 Å². The van der Waals surface area contributed by atoms with Crippen molar-refractivity contribution >= 4 is 17.7 Å². The van der Waals surface area contributed by atoms with Crippen LogP contribution >= 0.6 is 11.8 Å². The van der Waals surface area contributed by atoms with Crippen LogP contribution in [-0.2, 0) is 17.8 Å². The first-order valence-corrected chi connectivity index (χ1v) is 7.91. The summed E-state index contributed by atoms with van der Waals surface area (Å²) in [6.07, 6.45) is 6.29. The molecule has 0 aromatic heterocycles. The van der Waals surface area contributed by atoms with E-state index in [9.17, 15) is 4.79 Å². The van der Waals surface area contributed by atoms with Crippen molar-refractivity contribution in [1.82, 2.24) is 5.32 Å². The number of carboxylic acids is 1. The molecule has 0 amide bonds. The first-order valence-electron chi connectivity index (χ1n) is 6.69. The Morgan fingerprint density at radius 1 is 1.32 bits per heavy atom. The van der Waals surface area contributed by atoms with Gasteiger partial charge in [-0.25, -0.2) is 0 Å². The molecule has 3 nitrogen and oxygen atoms in total. The third-order valence-electron chi connectivity index (χ3n) is 3.85. The molecule has 0 bridgehead atoms. The number of benzene rings is 1. The van der Waals surface area contributed by atoms with Gasteiger partial charge in [-0.1, -0.05) is 30.7 Å². The molecule has 1 aromatic rings. The summed E-state index contributed by atoms with van der Waals surface area (Å²) in [5, 5.41) is 12.2. The maximum atomic E-state index is 10.6. The molecule has 1 saturated carbocycles. The van der Waals surface area contributed by atoms with E-state index in [1.165, 1.54) is 24.8 Å². The maximum absolute atomic E-state index is 10.6. The topological polar surface area (TPSA) is 49.3 Å². The third kappa shape index (κ3) is 3.98. The minimum Gasteiger partial charge on any atom is -0.481 e. The van der Waals surface area contributed by atoms with Gasteiger partial charge in [0.2, 0.25) is 0 Å². The molecule has 0 atom stereocenters. The molecular formula is C15H21NO2S. The molecule has 19 heavy (non-hydrogen) atoms. The fraction of sp³-hybridized carbons (Fsp3) is 0.533. The molecular weight excluding hydrogens is 258 g/mol. The Kier molecular flexibility index (Phi) is 4.88. The van der Waals surface area contributed by atoms with Crippen LogP contribution in [0, 0.1) is 0 Å². The number of hydrogen-bond donors (Lipinski definition) is 2. The molecule has 0 heterocycles. The molecule has 0 saturated heterocycles. The van der Waals surface area contributed by atoms with Gasteiger partial charge in [0.1, 0.15) is 0 Å². The van der Waals surface area contributed by atoms with Crippen LogP contribution in [-0.4, -0.2) is 28.6 Å². The van der Waals surface area contributed by atoms with Gasteiger partial charge in [0.25, 0.3) is 0 Å². The zero-order valence-electron chi connectivity index (χ0n) is 11.3. The van der Waals surface area contributed by atoms with Gasteiger partial charge in [0, 0.05) is 17.8 Å². The highest BCUT2D eigenvalue weighted by Crippen LogP contribution is 2.42. The minimum atomic E-state index is -0.780. The molecule has 2 N–H and O–H groups in total. The summed E-state index contributed by atoms with van der Waals surface area (Å²) in [5.74, 6) is -0.780. The minimum absolute atomic E-state index is 0.100. The summed E-state index contributed by atoms with van der Waals surface area (Å²) in [6, 6.07) is 7.83. The van der Waals surface area contributed by atoms with Gasteiger partial charge in [-0.2, -0.15) is 11.8 Å². The summed E-state index contributed by atoms with van der Waals surface area (Å²) in [6.45, 7) is 1.92. The van der Waals surface area contributed by atoms with Crippen molar-refractivity contribution < 1.29 is 9.90 Å². The Morgan fingerprint density at radius 3 is 2.42 bits per heavy atom. The lowest BCUT2D eigenvalue weighted by Gasteiger charge is -2.40. The van der Waals surface area contributed by atoms with Gasteiger partial charge >= 0.3 is 5.97 Å². The van der Waals surface area contributed by atoms with Gasteiger partial charge in [-0.05, 0) is 30.2 Å². The summed E-state index contributed by atoms with van der Waals surface area (Å²) in [4.78, 5) is 10.6. The Bertz CT molecular complexity index is 421. The lowest BCUT2D eigenvalue weighted by molar-refractivity contribution is -0.136. The molecule has 0 radical (unpaired) electrons. The van der Waals surface area contributed by atoms with Crippen molar-refractivity contribution in [2.24, 2.45) is 0 Å². The smallest absolute Gasteiger partial charge is 0.307 e. The first-order chi connectivity index (χ1) is 9.13. The fourth-order valence-electron chi connectivity index (χ4n) is 2.41. The standard InChI is InChI=1S/C15H21NO2S/c1-19-15(7-2-8-15)11-16-10-13-5-3-12(4-6-13)9-14(17)18/h3-6,16H,2,7-11H2,1H3,(H,17,18). The van der Waals surface area contributed by atoms with Gasteiger partial charge in [-0.3, -0.25) is 4.79 Å². The summed E-state index contributed by atoms with van der Waals surface area (Å²) < 4.78 is 0.462. The van der Waals surface area contributed by atoms with Crippen molar-refractivity contribution in [1.29, 1.82) is 0 Å². The SMILES string of the molecule is CSC1(CNCc2ccc(CC(=O)O)cc2)CCC1. The quantitative estimate of drug-likeness (QED) is 0.805. The normalized spacial score (nSPS) is 16.9. The van der Waals surface area contributed by atoms with E-state index in [2.05, 4.69) is 11.6 Å². The predicted molar refractivity (Wildman–Crippen MR) is 79.6 cm³/mol. The van der Waals surface area contributed by atoms with Crippen LogP contribution in [0.5, 0.6) is 0 Å². The molecule has 0 aliphatic heterocycles. The van der Waals surface area contributed by atoms with Crippen LogP contribution in [0.1, 0.15) is 30.4 Å². The third-order valence-corrected chi connectivity index (χ3v) is 5.27. The van der Waals surface area contributed by atoms with E-state index < -0.39 is 5.97 Å². The lowest BCUT2D eigenvalue weighted by Crippen LogP contribution is -2.43. The zero-order valence-corrected chi connectivity index (χ0v) is 12.1. The Balaban J connectivity index is 1.78. The zero-order chi connectivity index (χ0) is 13.7. The second kappa shape index (κ2) is 6.44. The van der Waals surface area contributed by atoms with E-state index in [0.717, 1.165) is 18.7 Å². The maximum Gasteiger partial charge on any atom is 0.307 e. The number of carboxylic acid groups (broad SMARTS) is 1. The molecule has 1 aromatic carbocycles. The second-order valence-corrected chi connectivity index (χ2v) is 6.51. The van der Waals surface area contributed by atoms with Crippen LogP contribution in [0.4, 0.5) is 0 Å². The Labute approximate surface area is 118 Å².